The highest BCUT2D eigenvalue weighted by Crippen LogP contribution is 2.37. The molecule has 2 aliphatic rings. The van der Waals surface area contributed by atoms with Crippen molar-refractivity contribution in [1.82, 2.24) is 10.6 Å². The van der Waals surface area contributed by atoms with Crippen molar-refractivity contribution in [2.24, 2.45) is 5.92 Å². The molecule has 1 amide bonds. The number of hydrogen-bond acceptors (Lipinski definition) is 3. The van der Waals surface area contributed by atoms with E-state index in [2.05, 4.69) is 28.1 Å². The van der Waals surface area contributed by atoms with Gasteiger partial charge in [-0.25, -0.2) is 0 Å². The van der Waals surface area contributed by atoms with E-state index in [9.17, 15) is 4.79 Å². The maximum atomic E-state index is 11.2. The Bertz CT molecular complexity index is 412. The van der Waals surface area contributed by atoms with E-state index in [1.807, 2.05) is 11.3 Å². The Hall–Kier alpha value is -0.870. The van der Waals surface area contributed by atoms with Crippen LogP contribution in [0.4, 0.5) is 0 Å². The van der Waals surface area contributed by atoms with Crippen LogP contribution in [0.2, 0.25) is 0 Å². The number of carbonyl (C=O) groups is 1. The van der Waals surface area contributed by atoms with Crippen LogP contribution in [-0.4, -0.2) is 18.5 Å². The number of hydrogen-bond donors (Lipinski definition) is 2. The smallest absolute Gasteiger partial charge is 0.220 e. The maximum Gasteiger partial charge on any atom is 0.220 e. The summed E-state index contributed by atoms with van der Waals surface area (Å²) in [5.74, 6) is 0.982. The lowest BCUT2D eigenvalue weighted by molar-refractivity contribution is -0.119. The van der Waals surface area contributed by atoms with E-state index in [-0.39, 0.29) is 5.91 Å². The highest BCUT2D eigenvalue weighted by atomic mass is 32.1. The fraction of sp³-hybridized carbons (Fsp3) is 0.667. The van der Waals surface area contributed by atoms with Crippen LogP contribution in [0.3, 0.4) is 0 Å². The van der Waals surface area contributed by atoms with Crippen molar-refractivity contribution in [3.63, 3.8) is 0 Å². The Balaban J connectivity index is 1.61. The van der Waals surface area contributed by atoms with E-state index in [0.717, 1.165) is 18.9 Å². The van der Waals surface area contributed by atoms with Crippen LogP contribution >= 0.6 is 11.3 Å². The largest absolute Gasteiger partial charge is 0.352 e. The maximum absolute atomic E-state index is 11.2. The molecule has 3 rings (SSSR count). The van der Waals surface area contributed by atoms with E-state index in [1.165, 1.54) is 30.6 Å². The summed E-state index contributed by atoms with van der Waals surface area (Å²) < 4.78 is 0. The SMILES string of the molecule is O=C1CCC(CNC(c2cccs2)C2CCCC2)N1. The van der Waals surface area contributed by atoms with E-state index in [0.29, 0.717) is 18.5 Å². The fourth-order valence-electron chi connectivity index (χ4n) is 3.36. The molecule has 19 heavy (non-hydrogen) atoms. The third-order valence-electron chi connectivity index (χ3n) is 4.39. The van der Waals surface area contributed by atoms with E-state index in [4.69, 9.17) is 0 Å². The van der Waals surface area contributed by atoms with Crippen LogP contribution in [0.1, 0.15) is 49.4 Å². The van der Waals surface area contributed by atoms with Gasteiger partial charge in [-0.05, 0) is 36.6 Å². The minimum atomic E-state index is 0.209. The van der Waals surface area contributed by atoms with Gasteiger partial charge in [-0.1, -0.05) is 18.9 Å². The normalized spacial score (nSPS) is 25.7. The molecule has 0 aromatic carbocycles. The van der Waals surface area contributed by atoms with E-state index < -0.39 is 0 Å². The Labute approximate surface area is 118 Å². The van der Waals surface area contributed by atoms with Gasteiger partial charge < -0.3 is 10.6 Å². The molecule has 3 nitrogen and oxygen atoms in total. The quantitative estimate of drug-likeness (QED) is 0.869. The molecule has 1 aromatic heterocycles. The van der Waals surface area contributed by atoms with Gasteiger partial charge in [0.25, 0.3) is 0 Å². The molecule has 0 spiro atoms. The first-order chi connectivity index (χ1) is 9.33. The highest BCUT2D eigenvalue weighted by Gasteiger charge is 2.28. The van der Waals surface area contributed by atoms with Gasteiger partial charge >= 0.3 is 0 Å². The molecule has 2 N–H and O–H groups in total. The van der Waals surface area contributed by atoms with Crippen LogP contribution in [0.5, 0.6) is 0 Å². The van der Waals surface area contributed by atoms with Gasteiger partial charge in [-0.15, -0.1) is 11.3 Å². The first kappa shape index (κ1) is 13.1. The average molecular weight is 278 g/mol. The summed E-state index contributed by atoms with van der Waals surface area (Å²) in [6, 6.07) is 5.20. The second kappa shape index (κ2) is 6.06. The van der Waals surface area contributed by atoms with Crippen molar-refractivity contribution >= 4 is 17.2 Å². The topological polar surface area (TPSA) is 41.1 Å². The van der Waals surface area contributed by atoms with Crippen LogP contribution in [0.15, 0.2) is 17.5 Å². The van der Waals surface area contributed by atoms with Gasteiger partial charge in [0.2, 0.25) is 5.91 Å². The van der Waals surface area contributed by atoms with Gasteiger partial charge in [-0.2, -0.15) is 0 Å². The zero-order valence-electron chi connectivity index (χ0n) is 11.2. The predicted octanol–water partition coefficient (Wildman–Crippen LogP) is 2.85. The summed E-state index contributed by atoms with van der Waals surface area (Å²) >= 11 is 1.85. The molecule has 2 unspecified atom stereocenters. The Kier molecular flexibility index (Phi) is 4.18. The van der Waals surface area contributed by atoms with Crippen molar-refractivity contribution < 1.29 is 4.79 Å². The zero-order valence-corrected chi connectivity index (χ0v) is 12.0. The number of thiophene rings is 1. The number of amides is 1. The minimum Gasteiger partial charge on any atom is -0.352 e. The molecule has 104 valence electrons. The lowest BCUT2D eigenvalue weighted by atomic mass is 9.96. The molecule has 1 aromatic rings. The molecule has 0 bridgehead atoms. The van der Waals surface area contributed by atoms with Crippen LogP contribution in [-0.2, 0) is 4.79 Å². The van der Waals surface area contributed by atoms with Crippen LogP contribution in [0, 0.1) is 5.92 Å². The molecule has 2 fully saturated rings. The first-order valence-electron chi connectivity index (χ1n) is 7.39. The first-order valence-corrected chi connectivity index (χ1v) is 8.27. The van der Waals surface area contributed by atoms with Gasteiger partial charge in [0.05, 0.1) is 0 Å². The molecular weight excluding hydrogens is 256 g/mol. The lowest BCUT2D eigenvalue weighted by Gasteiger charge is -2.25. The Morgan fingerprint density at radius 1 is 1.37 bits per heavy atom. The van der Waals surface area contributed by atoms with Crippen molar-refractivity contribution in [1.29, 1.82) is 0 Å². The third kappa shape index (κ3) is 3.18. The second-order valence-corrected chi connectivity index (χ2v) is 6.73. The van der Waals surface area contributed by atoms with Gasteiger partial charge in [0.1, 0.15) is 0 Å². The summed E-state index contributed by atoms with van der Waals surface area (Å²) in [6.45, 7) is 0.908. The molecule has 2 atom stereocenters. The van der Waals surface area contributed by atoms with Crippen molar-refractivity contribution in [2.45, 2.75) is 50.6 Å². The van der Waals surface area contributed by atoms with E-state index >= 15 is 0 Å². The van der Waals surface area contributed by atoms with Crippen LogP contribution in [0.25, 0.3) is 0 Å². The van der Waals surface area contributed by atoms with Crippen molar-refractivity contribution in [2.75, 3.05) is 6.54 Å². The van der Waals surface area contributed by atoms with Crippen LogP contribution < -0.4 is 10.6 Å². The standard InChI is InChI=1S/C15H22N2OS/c18-14-8-7-12(17-14)10-16-15(11-4-1-2-5-11)13-6-3-9-19-13/h3,6,9,11-12,15-16H,1-2,4-5,7-8,10H2,(H,17,18). The van der Waals surface area contributed by atoms with Gasteiger partial charge in [0.15, 0.2) is 0 Å². The van der Waals surface area contributed by atoms with Crippen molar-refractivity contribution in [3.05, 3.63) is 22.4 Å². The average Bonchev–Trinajstić information content (AvgIpc) is 3.11. The fourth-order valence-corrected chi connectivity index (χ4v) is 4.25. The zero-order chi connectivity index (χ0) is 13.1. The Morgan fingerprint density at radius 2 is 2.21 bits per heavy atom. The molecule has 4 heteroatoms. The van der Waals surface area contributed by atoms with E-state index in [1.54, 1.807) is 0 Å². The summed E-state index contributed by atoms with van der Waals surface area (Å²) in [4.78, 5) is 12.7. The van der Waals surface area contributed by atoms with Gasteiger partial charge in [0, 0.05) is 29.9 Å². The monoisotopic (exact) mass is 278 g/mol. The second-order valence-electron chi connectivity index (χ2n) is 5.75. The summed E-state index contributed by atoms with van der Waals surface area (Å²) in [6.07, 6.45) is 7.09. The lowest BCUT2D eigenvalue weighted by Crippen LogP contribution is -2.38. The molecule has 2 heterocycles. The minimum absolute atomic E-state index is 0.209. The highest BCUT2D eigenvalue weighted by molar-refractivity contribution is 7.10. The van der Waals surface area contributed by atoms with Gasteiger partial charge in [-0.3, -0.25) is 4.79 Å². The summed E-state index contributed by atoms with van der Waals surface area (Å²) in [5.41, 5.74) is 0. The summed E-state index contributed by atoms with van der Waals surface area (Å²) in [7, 11) is 0. The predicted molar refractivity (Wildman–Crippen MR) is 78.2 cm³/mol. The Morgan fingerprint density at radius 3 is 2.84 bits per heavy atom. The number of nitrogens with one attached hydrogen (secondary N) is 2. The number of rotatable bonds is 5. The molecule has 1 aliphatic heterocycles. The number of carbonyl (C=O) groups excluding carboxylic acids is 1. The molecule has 1 aliphatic carbocycles. The third-order valence-corrected chi connectivity index (χ3v) is 5.35. The molecule has 1 saturated carbocycles. The molecular formula is C15H22N2OS. The molecule has 0 radical (unpaired) electrons. The molecule has 1 saturated heterocycles. The van der Waals surface area contributed by atoms with Crippen molar-refractivity contribution in [3.8, 4) is 0 Å². The summed E-state index contributed by atoms with van der Waals surface area (Å²) in [5, 5.41) is 8.93.